The zero-order valence-electron chi connectivity index (χ0n) is 8.30. The minimum atomic E-state index is -1.05. The molecule has 0 N–H and O–H groups in total. The molecule has 0 bridgehead atoms. The van der Waals surface area contributed by atoms with Gasteiger partial charge in [-0.1, -0.05) is 0 Å². The highest BCUT2D eigenvalue weighted by Gasteiger charge is 2.27. The number of carbonyl (C=O) groups is 1. The molecule has 0 aromatic heterocycles. The molecule has 1 aromatic rings. The third-order valence-corrected chi connectivity index (χ3v) is 3.36. The molecule has 1 aromatic carbocycles. The summed E-state index contributed by atoms with van der Waals surface area (Å²) in [5.74, 6) is 1.09. The first kappa shape index (κ1) is 10.2. The summed E-state index contributed by atoms with van der Waals surface area (Å²) >= 11 is 0. The van der Waals surface area contributed by atoms with E-state index >= 15 is 0 Å². The Kier molecular flexibility index (Phi) is 2.73. The van der Waals surface area contributed by atoms with Gasteiger partial charge in [-0.3, -0.25) is 13.9 Å². The summed E-state index contributed by atoms with van der Waals surface area (Å²) in [5, 5.41) is 0. The number of hydrogen-bond donors (Lipinski definition) is 0. The van der Waals surface area contributed by atoms with Crippen LogP contribution < -0.4 is 9.64 Å². The number of benzene rings is 1. The molecule has 1 saturated heterocycles. The second-order valence-electron chi connectivity index (χ2n) is 3.23. The van der Waals surface area contributed by atoms with Gasteiger partial charge in [-0.05, 0) is 24.3 Å². The Morgan fingerprint density at radius 3 is 2.47 bits per heavy atom. The molecular formula is C10H11NO3S. The number of methoxy groups -OCH3 is 1. The highest BCUT2D eigenvalue weighted by molar-refractivity contribution is 7.86. The highest BCUT2D eigenvalue weighted by Crippen LogP contribution is 2.22. The molecule has 5 heteroatoms. The Morgan fingerprint density at radius 1 is 1.33 bits per heavy atom. The predicted molar refractivity (Wildman–Crippen MR) is 58.4 cm³/mol. The molecule has 1 fully saturated rings. The number of amides is 1. The van der Waals surface area contributed by atoms with Gasteiger partial charge in [-0.25, -0.2) is 0 Å². The standard InChI is InChI=1S/C10H11NO3S/c1-14-9-4-2-8(3-5-9)11-7-15(13)6-10(11)12/h2-5H,6-7H2,1H3/t15-/m1/s1. The number of rotatable bonds is 2. The largest absolute Gasteiger partial charge is 0.497 e. The molecule has 80 valence electrons. The van der Waals surface area contributed by atoms with Crippen molar-refractivity contribution in [2.24, 2.45) is 0 Å². The van der Waals surface area contributed by atoms with Crippen LogP contribution >= 0.6 is 0 Å². The summed E-state index contributed by atoms with van der Waals surface area (Å²) in [7, 11) is 0.543. The lowest BCUT2D eigenvalue weighted by atomic mass is 10.3. The predicted octanol–water partition coefficient (Wildman–Crippen LogP) is 0.748. The Hall–Kier alpha value is -1.36. The maximum Gasteiger partial charge on any atom is 0.240 e. The lowest BCUT2D eigenvalue weighted by molar-refractivity contribution is -0.115. The van der Waals surface area contributed by atoms with Gasteiger partial charge in [0.25, 0.3) is 0 Å². The molecule has 15 heavy (non-hydrogen) atoms. The maximum atomic E-state index is 11.4. The maximum absolute atomic E-state index is 11.4. The van der Waals surface area contributed by atoms with Crippen molar-refractivity contribution in [2.45, 2.75) is 0 Å². The summed E-state index contributed by atoms with van der Waals surface area (Å²) in [6, 6.07) is 7.15. The second kappa shape index (κ2) is 4.02. The lowest BCUT2D eigenvalue weighted by Crippen LogP contribution is -2.24. The average molecular weight is 225 g/mol. The number of hydrogen-bond acceptors (Lipinski definition) is 3. The van der Waals surface area contributed by atoms with Gasteiger partial charge in [0.05, 0.1) is 17.9 Å². The van der Waals surface area contributed by atoms with Crippen LogP contribution in [0.1, 0.15) is 0 Å². The van der Waals surface area contributed by atoms with Crippen molar-refractivity contribution in [3.8, 4) is 5.75 Å². The summed E-state index contributed by atoms with van der Waals surface area (Å²) in [6.45, 7) is 0. The van der Waals surface area contributed by atoms with Gasteiger partial charge in [0.1, 0.15) is 17.4 Å². The minimum absolute atomic E-state index is 0.0847. The van der Waals surface area contributed by atoms with Crippen molar-refractivity contribution >= 4 is 22.4 Å². The van der Waals surface area contributed by atoms with Crippen LogP contribution in [0.5, 0.6) is 5.75 Å². The molecule has 1 amide bonds. The van der Waals surface area contributed by atoms with Crippen molar-refractivity contribution in [3.63, 3.8) is 0 Å². The molecule has 0 spiro atoms. The highest BCUT2D eigenvalue weighted by atomic mass is 32.2. The van der Waals surface area contributed by atoms with E-state index in [-0.39, 0.29) is 11.7 Å². The van der Waals surface area contributed by atoms with Crippen molar-refractivity contribution < 1.29 is 13.7 Å². The van der Waals surface area contributed by atoms with Crippen LogP contribution in [0.4, 0.5) is 5.69 Å². The van der Waals surface area contributed by atoms with Crippen molar-refractivity contribution in [2.75, 3.05) is 23.6 Å². The Morgan fingerprint density at radius 2 is 2.00 bits per heavy atom. The number of anilines is 1. The third-order valence-electron chi connectivity index (χ3n) is 2.24. The van der Waals surface area contributed by atoms with E-state index in [1.807, 2.05) is 0 Å². The molecule has 2 rings (SSSR count). The minimum Gasteiger partial charge on any atom is -0.497 e. The fourth-order valence-electron chi connectivity index (χ4n) is 1.46. The van der Waals surface area contributed by atoms with Crippen molar-refractivity contribution in [1.29, 1.82) is 0 Å². The van der Waals surface area contributed by atoms with Crippen LogP contribution in [0.15, 0.2) is 24.3 Å². The van der Waals surface area contributed by atoms with Gasteiger partial charge in [-0.2, -0.15) is 0 Å². The molecule has 0 unspecified atom stereocenters. The zero-order valence-corrected chi connectivity index (χ0v) is 9.12. The van der Waals surface area contributed by atoms with E-state index in [9.17, 15) is 9.00 Å². The molecular weight excluding hydrogens is 214 g/mol. The van der Waals surface area contributed by atoms with E-state index in [0.717, 1.165) is 11.4 Å². The number of carbonyl (C=O) groups excluding carboxylic acids is 1. The van der Waals surface area contributed by atoms with Crippen LogP contribution in [-0.4, -0.2) is 28.9 Å². The summed E-state index contributed by atoms with van der Waals surface area (Å²) in [4.78, 5) is 13.0. The molecule has 0 radical (unpaired) electrons. The first-order chi connectivity index (χ1) is 7.20. The molecule has 1 heterocycles. The first-order valence-corrected chi connectivity index (χ1v) is 5.99. The summed E-state index contributed by atoms with van der Waals surface area (Å²) in [5.41, 5.74) is 0.770. The van der Waals surface area contributed by atoms with E-state index in [0.29, 0.717) is 5.88 Å². The van der Waals surface area contributed by atoms with Crippen LogP contribution in [0.25, 0.3) is 0 Å². The van der Waals surface area contributed by atoms with E-state index in [1.54, 1.807) is 31.4 Å². The zero-order chi connectivity index (χ0) is 10.8. The molecule has 1 aliphatic rings. The summed E-state index contributed by atoms with van der Waals surface area (Å²) in [6.07, 6.45) is 0. The fraction of sp³-hybridized carbons (Fsp3) is 0.300. The molecule has 0 saturated carbocycles. The smallest absolute Gasteiger partial charge is 0.240 e. The Labute approximate surface area is 90.3 Å². The van der Waals surface area contributed by atoms with Gasteiger partial charge in [0.15, 0.2) is 0 Å². The van der Waals surface area contributed by atoms with Gasteiger partial charge >= 0.3 is 0 Å². The molecule has 1 aliphatic heterocycles. The molecule has 4 nitrogen and oxygen atoms in total. The third kappa shape index (κ3) is 2.02. The van der Waals surface area contributed by atoms with E-state index in [4.69, 9.17) is 4.74 Å². The van der Waals surface area contributed by atoms with Gasteiger partial charge < -0.3 is 4.74 Å². The van der Waals surface area contributed by atoms with Crippen LogP contribution in [0, 0.1) is 0 Å². The average Bonchev–Trinajstić information content (AvgIpc) is 2.58. The van der Waals surface area contributed by atoms with Gasteiger partial charge in [0, 0.05) is 5.69 Å². The number of ether oxygens (including phenoxy) is 1. The van der Waals surface area contributed by atoms with Crippen molar-refractivity contribution in [1.82, 2.24) is 0 Å². The van der Waals surface area contributed by atoms with Gasteiger partial charge in [-0.15, -0.1) is 0 Å². The van der Waals surface area contributed by atoms with Crippen LogP contribution in [0.2, 0.25) is 0 Å². The Bertz CT molecular complexity index is 402. The molecule has 0 aliphatic carbocycles. The topological polar surface area (TPSA) is 46.6 Å². The lowest BCUT2D eigenvalue weighted by Gasteiger charge is -2.14. The second-order valence-corrected chi connectivity index (χ2v) is 4.66. The van der Waals surface area contributed by atoms with E-state index in [1.165, 1.54) is 4.90 Å². The molecule has 1 atom stereocenters. The first-order valence-electron chi connectivity index (χ1n) is 4.50. The SMILES string of the molecule is COc1ccc(N2C[S@](=O)CC2=O)cc1. The van der Waals surface area contributed by atoms with E-state index in [2.05, 4.69) is 0 Å². The normalized spacial score (nSPS) is 20.7. The van der Waals surface area contributed by atoms with Crippen LogP contribution in [0.3, 0.4) is 0 Å². The summed E-state index contributed by atoms with van der Waals surface area (Å²) < 4.78 is 16.2. The number of nitrogens with zero attached hydrogens (tertiary/aromatic N) is 1. The monoisotopic (exact) mass is 225 g/mol. The fourth-order valence-corrected chi connectivity index (χ4v) is 2.56. The van der Waals surface area contributed by atoms with Crippen molar-refractivity contribution in [3.05, 3.63) is 24.3 Å². The van der Waals surface area contributed by atoms with Crippen LogP contribution in [-0.2, 0) is 15.6 Å². The van der Waals surface area contributed by atoms with Gasteiger partial charge in [0.2, 0.25) is 5.91 Å². The van der Waals surface area contributed by atoms with E-state index < -0.39 is 10.8 Å². The quantitative estimate of drug-likeness (QED) is 0.746. The Balaban J connectivity index is 2.22.